The van der Waals surface area contributed by atoms with Gasteiger partial charge in [0.1, 0.15) is 0 Å². The number of benzene rings is 1. The number of rotatable bonds is 7. The monoisotopic (exact) mass is 332 g/mol. The van der Waals surface area contributed by atoms with Crippen molar-refractivity contribution in [1.82, 2.24) is 9.80 Å². The minimum Gasteiger partial charge on any atom is -0.481 e. The Morgan fingerprint density at radius 1 is 1.25 bits per heavy atom. The highest BCUT2D eigenvalue weighted by Crippen LogP contribution is 2.21. The van der Waals surface area contributed by atoms with Gasteiger partial charge >= 0.3 is 5.97 Å². The molecule has 1 atom stereocenters. The van der Waals surface area contributed by atoms with Crippen LogP contribution in [0.15, 0.2) is 30.3 Å². The third-order valence-electron chi connectivity index (χ3n) is 4.36. The second-order valence-corrected chi connectivity index (χ2v) is 6.16. The molecule has 0 bridgehead atoms. The summed E-state index contributed by atoms with van der Waals surface area (Å²) >= 11 is 0. The molecule has 1 aromatic carbocycles. The Balaban J connectivity index is 1.90. The molecular weight excluding hydrogens is 308 g/mol. The first-order valence-corrected chi connectivity index (χ1v) is 8.28. The quantitative estimate of drug-likeness (QED) is 0.827. The summed E-state index contributed by atoms with van der Waals surface area (Å²) in [5, 5.41) is 8.94. The highest BCUT2D eigenvalue weighted by Gasteiger charge is 2.30. The van der Waals surface area contributed by atoms with Crippen molar-refractivity contribution in [3.8, 4) is 0 Å². The topological polar surface area (TPSA) is 77.9 Å². The Hall–Kier alpha value is -2.37. The molecule has 24 heavy (non-hydrogen) atoms. The molecule has 0 aliphatic carbocycles. The van der Waals surface area contributed by atoms with Crippen molar-refractivity contribution in [3.05, 3.63) is 35.9 Å². The van der Waals surface area contributed by atoms with E-state index >= 15 is 0 Å². The highest BCUT2D eigenvalue weighted by atomic mass is 16.4. The second kappa shape index (κ2) is 8.47. The standard InChI is InChI=1S/C18H24N2O4/c1-14(21)19(13-15-6-3-2-4-7-15)11-9-17(22)20-10-5-8-16(20)12-18(23)24/h2-4,6-7,16H,5,8-13H2,1H3,(H,23,24). The lowest BCUT2D eigenvalue weighted by Crippen LogP contribution is -2.39. The zero-order valence-corrected chi connectivity index (χ0v) is 14.0. The SMILES string of the molecule is CC(=O)N(CCC(=O)N1CCCC1CC(=O)O)Cc1ccccc1. The summed E-state index contributed by atoms with van der Waals surface area (Å²) in [4.78, 5) is 38.4. The van der Waals surface area contributed by atoms with Gasteiger partial charge in [0.25, 0.3) is 0 Å². The Morgan fingerprint density at radius 3 is 2.58 bits per heavy atom. The molecule has 6 heteroatoms. The van der Waals surface area contributed by atoms with E-state index in [0.29, 0.717) is 19.6 Å². The number of hydrogen-bond acceptors (Lipinski definition) is 3. The third-order valence-corrected chi connectivity index (χ3v) is 4.36. The van der Waals surface area contributed by atoms with Crippen LogP contribution in [-0.4, -0.2) is 51.8 Å². The molecule has 6 nitrogen and oxygen atoms in total. The number of carbonyl (C=O) groups excluding carboxylic acids is 2. The number of carboxylic acids is 1. The van der Waals surface area contributed by atoms with Crippen LogP contribution < -0.4 is 0 Å². The molecule has 0 spiro atoms. The van der Waals surface area contributed by atoms with Crippen LogP contribution in [0.1, 0.15) is 38.2 Å². The van der Waals surface area contributed by atoms with Gasteiger partial charge in [-0.1, -0.05) is 30.3 Å². The summed E-state index contributed by atoms with van der Waals surface area (Å²) < 4.78 is 0. The van der Waals surface area contributed by atoms with Crippen molar-refractivity contribution >= 4 is 17.8 Å². The van der Waals surface area contributed by atoms with Gasteiger partial charge in [0, 0.05) is 39.0 Å². The summed E-state index contributed by atoms with van der Waals surface area (Å²) in [6.07, 6.45) is 1.79. The molecule has 1 unspecified atom stereocenters. The molecule has 1 fully saturated rings. The molecule has 1 aromatic rings. The maximum atomic E-state index is 12.4. The Labute approximate surface area is 142 Å². The van der Waals surface area contributed by atoms with Gasteiger partial charge in [0.05, 0.1) is 6.42 Å². The average molecular weight is 332 g/mol. The normalized spacial score (nSPS) is 16.9. The molecule has 1 saturated heterocycles. The van der Waals surface area contributed by atoms with Gasteiger partial charge < -0.3 is 14.9 Å². The van der Waals surface area contributed by atoms with E-state index in [9.17, 15) is 14.4 Å². The van der Waals surface area contributed by atoms with Crippen molar-refractivity contribution in [2.45, 2.75) is 45.2 Å². The lowest BCUT2D eigenvalue weighted by Gasteiger charge is -2.26. The lowest BCUT2D eigenvalue weighted by molar-refractivity contribution is -0.140. The van der Waals surface area contributed by atoms with Crippen molar-refractivity contribution in [1.29, 1.82) is 0 Å². The minimum atomic E-state index is -0.880. The van der Waals surface area contributed by atoms with Crippen molar-refractivity contribution in [2.24, 2.45) is 0 Å². The number of aliphatic carboxylic acids is 1. The van der Waals surface area contributed by atoms with Crippen molar-refractivity contribution in [3.63, 3.8) is 0 Å². The van der Waals surface area contributed by atoms with E-state index in [-0.39, 0.29) is 30.7 Å². The van der Waals surface area contributed by atoms with Gasteiger partial charge in [-0.25, -0.2) is 0 Å². The summed E-state index contributed by atoms with van der Waals surface area (Å²) in [5.41, 5.74) is 1.02. The van der Waals surface area contributed by atoms with Crippen LogP contribution in [0.4, 0.5) is 0 Å². The van der Waals surface area contributed by atoms with Crippen LogP contribution in [0.2, 0.25) is 0 Å². The highest BCUT2D eigenvalue weighted by molar-refractivity contribution is 5.79. The van der Waals surface area contributed by atoms with Gasteiger partial charge in [-0.05, 0) is 18.4 Å². The number of amides is 2. The number of carbonyl (C=O) groups is 3. The summed E-state index contributed by atoms with van der Waals surface area (Å²) in [6.45, 7) is 2.92. The largest absolute Gasteiger partial charge is 0.481 e. The van der Waals surface area contributed by atoms with E-state index in [4.69, 9.17) is 5.11 Å². The Bertz CT molecular complexity index is 588. The van der Waals surface area contributed by atoms with Crippen LogP contribution in [0.3, 0.4) is 0 Å². The summed E-state index contributed by atoms with van der Waals surface area (Å²) in [6, 6.07) is 9.43. The molecule has 130 valence electrons. The van der Waals surface area contributed by atoms with Crippen LogP contribution >= 0.6 is 0 Å². The number of likely N-dealkylation sites (tertiary alicyclic amines) is 1. The van der Waals surface area contributed by atoms with E-state index in [1.54, 1.807) is 9.80 Å². The molecule has 0 radical (unpaired) electrons. The first-order chi connectivity index (χ1) is 11.5. The van der Waals surface area contributed by atoms with Gasteiger partial charge in [-0.15, -0.1) is 0 Å². The minimum absolute atomic E-state index is 0.00776. The van der Waals surface area contributed by atoms with Crippen LogP contribution in [0.5, 0.6) is 0 Å². The lowest BCUT2D eigenvalue weighted by atomic mass is 10.1. The predicted molar refractivity (Wildman–Crippen MR) is 89.1 cm³/mol. The van der Waals surface area contributed by atoms with E-state index in [1.807, 2.05) is 30.3 Å². The molecule has 1 aliphatic heterocycles. The van der Waals surface area contributed by atoms with Crippen molar-refractivity contribution in [2.75, 3.05) is 13.1 Å². The van der Waals surface area contributed by atoms with Gasteiger partial charge in [0.15, 0.2) is 0 Å². The predicted octanol–water partition coefficient (Wildman–Crippen LogP) is 1.89. The molecule has 1 aliphatic rings. The maximum absolute atomic E-state index is 12.4. The third kappa shape index (κ3) is 5.08. The molecule has 0 aromatic heterocycles. The van der Waals surface area contributed by atoms with E-state index in [2.05, 4.69) is 0 Å². The number of hydrogen-bond donors (Lipinski definition) is 1. The summed E-state index contributed by atoms with van der Waals surface area (Å²) in [7, 11) is 0. The molecule has 0 saturated carbocycles. The van der Waals surface area contributed by atoms with Crippen molar-refractivity contribution < 1.29 is 19.5 Å². The molecular formula is C18H24N2O4. The second-order valence-electron chi connectivity index (χ2n) is 6.16. The van der Waals surface area contributed by atoms with Gasteiger partial charge in [0.2, 0.25) is 11.8 Å². The first kappa shape index (κ1) is 18.0. The van der Waals surface area contributed by atoms with E-state index in [0.717, 1.165) is 18.4 Å². The Morgan fingerprint density at radius 2 is 1.96 bits per heavy atom. The Kier molecular flexibility index (Phi) is 6.35. The first-order valence-electron chi connectivity index (χ1n) is 8.28. The smallest absolute Gasteiger partial charge is 0.305 e. The fourth-order valence-corrected chi connectivity index (χ4v) is 3.10. The zero-order valence-electron chi connectivity index (χ0n) is 14.0. The van der Waals surface area contributed by atoms with E-state index in [1.165, 1.54) is 6.92 Å². The molecule has 1 heterocycles. The van der Waals surface area contributed by atoms with Crippen LogP contribution in [0, 0.1) is 0 Å². The van der Waals surface area contributed by atoms with Gasteiger partial charge in [-0.3, -0.25) is 14.4 Å². The maximum Gasteiger partial charge on any atom is 0.305 e. The fourth-order valence-electron chi connectivity index (χ4n) is 3.10. The van der Waals surface area contributed by atoms with Crippen LogP contribution in [-0.2, 0) is 20.9 Å². The van der Waals surface area contributed by atoms with Gasteiger partial charge in [-0.2, -0.15) is 0 Å². The fraction of sp³-hybridized carbons (Fsp3) is 0.500. The number of carboxylic acid groups (broad SMARTS) is 1. The molecule has 1 N–H and O–H groups in total. The zero-order chi connectivity index (χ0) is 17.5. The summed E-state index contributed by atoms with van der Waals surface area (Å²) in [5.74, 6) is -1.03. The molecule has 2 rings (SSSR count). The van der Waals surface area contributed by atoms with Crippen LogP contribution in [0.25, 0.3) is 0 Å². The number of nitrogens with zero attached hydrogens (tertiary/aromatic N) is 2. The van der Waals surface area contributed by atoms with E-state index < -0.39 is 5.97 Å². The molecule has 2 amide bonds. The average Bonchev–Trinajstić information content (AvgIpc) is 2.99.